The van der Waals surface area contributed by atoms with Crippen LogP contribution in [0.4, 0.5) is 0 Å². The minimum absolute atomic E-state index is 0.0469. The Kier molecular flexibility index (Phi) is 28.3. The maximum absolute atomic E-state index is 6.56. The number of hydrogen-bond donors (Lipinski definition) is 3. The molecule has 0 aromatic heterocycles. The maximum Gasteiger partial charge on any atom is 0.0728 e. The Bertz CT molecular complexity index is 390. The van der Waals surface area contributed by atoms with Crippen LogP contribution >= 0.6 is 0 Å². The summed E-state index contributed by atoms with van der Waals surface area (Å²) in [6, 6.07) is 0.0670. The van der Waals surface area contributed by atoms with E-state index < -0.39 is 0 Å². The van der Waals surface area contributed by atoms with Crippen LogP contribution in [0.25, 0.3) is 0 Å². The van der Waals surface area contributed by atoms with Crippen LogP contribution < -0.4 is 17.2 Å². The summed E-state index contributed by atoms with van der Waals surface area (Å²) in [6.07, 6.45) is 32.7. The average Bonchev–Trinajstić information content (AvgIpc) is 2.86. The third-order valence-corrected chi connectivity index (χ3v) is 7.72. The second-order valence-electron chi connectivity index (χ2n) is 11.2. The molecule has 0 aliphatic heterocycles. The van der Waals surface area contributed by atoms with Crippen molar-refractivity contribution in [3.05, 3.63) is 0 Å². The molecule has 212 valence electrons. The van der Waals surface area contributed by atoms with Crippen LogP contribution in [-0.2, 0) is 0 Å². The summed E-state index contributed by atoms with van der Waals surface area (Å²) < 4.78 is 0. The lowest BCUT2D eigenvalue weighted by Gasteiger charge is -2.32. The van der Waals surface area contributed by atoms with Crippen molar-refractivity contribution in [2.75, 3.05) is 19.6 Å². The molecule has 6 N–H and O–H groups in total. The van der Waals surface area contributed by atoms with Gasteiger partial charge in [0.15, 0.2) is 0 Å². The second-order valence-corrected chi connectivity index (χ2v) is 11.2. The Morgan fingerprint density at radius 3 is 1.17 bits per heavy atom. The first-order valence-corrected chi connectivity index (χ1v) is 16.1. The molecule has 0 radical (unpaired) electrons. The summed E-state index contributed by atoms with van der Waals surface area (Å²) in [7, 11) is 0. The van der Waals surface area contributed by atoms with E-state index in [4.69, 9.17) is 17.2 Å². The van der Waals surface area contributed by atoms with Crippen LogP contribution in [0.15, 0.2) is 0 Å². The Morgan fingerprint density at radius 2 is 0.800 bits per heavy atom. The third-order valence-electron chi connectivity index (χ3n) is 7.72. The van der Waals surface area contributed by atoms with Gasteiger partial charge >= 0.3 is 0 Å². The van der Waals surface area contributed by atoms with Gasteiger partial charge < -0.3 is 17.2 Å². The minimum Gasteiger partial charge on any atom is -0.329 e. The van der Waals surface area contributed by atoms with Crippen LogP contribution in [-0.4, -0.2) is 36.7 Å². The highest BCUT2D eigenvalue weighted by Crippen LogP contribution is 2.15. The van der Waals surface area contributed by atoms with Gasteiger partial charge in [-0.3, -0.25) is 4.90 Å². The van der Waals surface area contributed by atoms with Gasteiger partial charge in [0.05, 0.1) is 6.17 Å². The summed E-state index contributed by atoms with van der Waals surface area (Å²) in [5.74, 6) is 0. The van der Waals surface area contributed by atoms with Gasteiger partial charge in [-0.2, -0.15) is 0 Å². The van der Waals surface area contributed by atoms with Crippen molar-refractivity contribution >= 4 is 0 Å². The quantitative estimate of drug-likeness (QED) is 0.0719. The van der Waals surface area contributed by atoms with Gasteiger partial charge in [0.25, 0.3) is 0 Å². The Balaban J connectivity index is 3.71. The van der Waals surface area contributed by atoms with Crippen molar-refractivity contribution in [2.45, 2.75) is 180 Å². The van der Waals surface area contributed by atoms with E-state index in [1.165, 1.54) is 148 Å². The van der Waals surface area contributed by atoms with E-state index in [1.807, 2.05) is 0 Å². The van der Waals surface area contributed by atoms with Crippen molar-refractivity contribution < 1.29 is 0 Å². The smallest absolute Gasteiger partial charge is 0.0728 e. The molecule has 0 spiro atoms. The van der Waals surface area contributed by atoms with Crippen molar-refractivity contribution in [3.63, 3.8) is 0 Å². The molecule has 35 heavy (non-hydrogen) atoms. The van der Waals surface area contributed by atoms with E-state index in [2.05, 4.69) is 18.7 Å². The van der Waals surface area contributed by atoms with Crippen LogP contribution in [0.5, 0.6) is 0 Å². The Morgan fingerprint density at radius 1 is 0.457 bits per heavy atom. The van der Waals surface area contributed by atoms with E-state index in [9.17, 15) is 0 Å². The first-order chi connectivity index (χ1) is 17.2. The van der Waals surface area contributed by atoms with Crippen molar-refractivity contribution in [3.8, 4) is 0 Å². The lowest BCUT2D eigenvalue weighted by atomic mass is 10.0. The predicted octanol–water partition coefficient (Wildman–Crippen LogP) is 8.26. The van der Waals surface area contributed by atoms with Gasteiger partial charge in [-0.05, 0) is 19.4 Å². The molecule has 0 fully saturated rings. The molecule has 0 heterocycles. The monoisotopic (exact) mass is 497 g/mol. The summed E-state index contributed by atoms with van der Waals surface area (Å²) in [6.45, 7) is 7.15. The molecule has 0 aromatic rings. The third kappa shape index (κ3) is 24.0. The predicted molar refractivity (Wildman–Crippen MR) is 159 cm³/mol. The highest BCUT2D eigenvalue weighted by Gasteiger charge is 2.20. The van der Waals surface area contributed by atoms with Gasteiger partial charge in [-0.15, -0.1) is 0 Å². The number of unbranched alkanes of at least 4 members (excludes halogenated alkanes) is 21. The number of nitrogens with two attached hydrogens (primary N) is 3. The standard InChI is InChI=1S/C31H68N4/c1-3-5-7-9-11-13-15-16-18-20-22-24-26-30(33)31(34)35(29-27-32)28-25-23-21-19-17-14-12-10-8-6-4-2/h30-31H,3-29,32-34H2,1-2H3. The van der Waals surface area contributed by atoms with E-state index >= 15 is 0 Å². The Hall–Kier alpha value is -0.160. The van der Waals surface area contributed by atoms with Crippen LogP contribution in [0.3, 0.4) is 0 Å². The van der Waals surface area contributed by atoms with Crippen molar-refractivity contribution in [1.82, 2.24) is 4.90 Å². The molecule has 2 atom stereocenters. The fourth-order valence-electron chi connectivity index (χ4n) is 5.22. The maximum atomic E-state index is 6.56. The lowest BCUT2D eigenvalue weighted by molar-refractivity contribution is 0.170. The molecule has 0 aliphatic carbocycles. The largest absolute Gasteiger partial charge is 0.329 e. The molecular formula is C31H68N4. The molecule has 0 aromatic carbocycles. The summed E-state index contributed by atoms with van der Waals surface area (Å²) in [4.78, 5) is 2.35. The van der Waals surface area contributed by atoms with Crippen molar-refractivity contribution in [1.29, 1.82) is 0 Å². The average molecular weight is 497 g/mol. The minimum atomic E-state index is -0.0469. The van der Waals surface area contributed by atoms with Crippen LogP contribution in [0.2, 0.25) is 0 Å². The first kappa shape index (κ1) is 34.8. The molecule has 0 saturated carbocycles. The second kappa shape index (κ2) is 28.4. The normalized spacial score (nSPS) is 13.5. The highest BCUT2D eigenvalue weighted by molar-refractivity contribution is 4.78. The Labute approximate surface area is 221 Å². The SMILES string of the molecule is CCCCCCCCCCCCCCC(N)C(N)N(CCN)CCCCCCCCCCCCC. The van der Waals surface area contributed by atoms with Gasteiger partial charge in [0.2, 0.25) is 0 Å². The molecule has 0 amide bonds. The molecule has 0 saturated heterocycles. The lowest BCUT2D eigenvalue weighted by Crippen LogP contribution is -2.55. The van der Waals surface area contributed by atoms with Crippen LogP contribution in [0, 0.1) is 0 Å². The molecule has 2 unspecified atom stereocenters. The molecule has 0 aliphatic rings. The first-order valence-electron chi connectivity index (χ1n) is 16.1. The molecular weight excluding hydrogens is 428 g/mol. The fraction of sp³-hybridized carbons (Fsp3) is 1.00. The zero-order valence-electron chi connectivity index (χ0n) is 24.4. The molecule has 4 nitrogen and oxygen atoms in total. The van der Waals surface area contributed by atoms with E-state index in [1.54, 1.807) is 0 Å². The number of rotatable bonds is 29. The van der Waals surface area contributed by atoms with E-state index in [0.29, 0.717) is 6.54 Å². The topological polar surface area (TPSA) is 81.3 Å². The van der Waals surface area contributed by atoms with Gasteiger partial charge in [0, 0.05) is 19.1 Å². The van der Waals surface area contributed by atoms with Crippen LogP contribution in [0.1, 0.15) is 168 Å². The summed E-state index contributed by atoms with van der Waals surface area (Å²) in [5.41, 5.74) is 18.9. The van der Waals surface area contributed by atoms with Gasteiger partial charge in [-0.1, -0.05) is 155 Å². The molecule has 4 heteroatoms. The van der Waals surface area contributed by atoms with E-state index in [0.717, 1.165) is 19.5 Å². The summed E-state index contributed by atoms with van der Waals surface area (Å²) >= 11 is 0. The highest BCUT2D eigenvalue weighted by atomic mass is 15.2. The number of nitrogens with zero attached hydrogens (tertiary/aromatic N) is 1. The zero-order chi connectivity index (χ0) is 25.8. The number of hydrogen-bond acceptors (Lipinski definition) is 4. The van der Waals surface area contributed by atoms with Gasteiger partial charge in [-0.25, -0.2) is 0 Å². The fourth-order valence-corrected chi connectivity index (χ4v) is 5.22. The molecule has 0 rings (SSSR count). The molecule has 0 bridgehead atoms. The van der Waals surface area contributed by atoms with E-state index in [-0.39, 0.29) is 12.2 Å². The van der Waals surface area contributed by atoms with Gasteiger partial charge in [0.1, 0.15) is 0 Å². The van der Waals surface area contributed by atoms with Crippen molar-refractivity contribution in [2.24, 2.45) is 17.2 Å². The summed E-state index contributed by atoms with van der Waals surface area (Å²) in [5, 5.41) is 0. The zero-order valence-corrected chi connectivity index (χ0v) is 24.4.